The molecule has 0 aliphatic carbocycles. The number of benzene rings is 2. The lowest BCUT2D eigenvalue weighted by atomic mass is 10.0. The highest BCUT2D eigenvalue weighted by molar-refractivity contribution is 8.00. The summed E-state index contributed by atoms with van der Waals surface area (Å²) < 4.78 is 5.28. The Morgan fingerprint density at radius 1 is 1.12 bits per heavy atom. The summed E-state index contributed by atoms with van der Waals surface area (Å²) >= 11 is 8.56. The second-order valence-corrected chi connectivity index (χ2v) is 12.2. The van der Waals surface area contributed by atoms with Gasteiger partial charge in [-0.15, -0.1) is 23.1 Å². The van der Waals surface area contributed by atoms with Crippen molar-refractivity contribution in [2.45, 2.75) is 50.3 Å². The smallest absolute Gasteiger partial charge is 0.341 e. The van der Waals surface area contributed by atoms with Crippen LogP contribution in [0.4, 0.5) is 10.7 Å². The van der Waals surface area contributed by atoms with Gasteiger partial charge in [0, 0.05) is 34.0 Å². The number of amides is 3. The Morgan fingerprint density at radius 3 is 2.58 bits per heavy atom. The van der Waals surface area contributed by atoms with Crippen molar-refractivity contribution in [3.63, 3.8) is 0 Å². The summed E-state index contributed by atoms with van der Waals surface area (Å²) in [5, 5.41) is 6.38. The molecule has 4 rings (SSSR count). The Labute approximate surface area is 246 Å². The van der Waals surface area contributed by atoms with Crippen molar-refractivity contribution in [2.24, 2.45) is 0 Å². The van der Waals surface area contributed by atoms with Crippen LogP contribution >= 0.6 is 34.7 Å². The van der Waals surface area contributed by atoms with E-state index in [2.05, 4.69) is 10.6 Å². The number of hydrogen-bond acceptors (Lipinski definition) is 7. The first kappa shape index (κ1) is 29.6. The lowest BCUT2D eigenvalue weighted by Gasteiger charge is -2.25. The zero-order valence-electron chi connectivity index (χ0n) is 22.4. The van der Waals surface area contributed by atoms with E-state index in [1.165, 1.54) is 30.0 Å². The number of carbonyl (C=O) groups excluding carboxylic acids is 4. The van der Waals surface area contributed by atoms with Gasteiger partial charge in [0.05, 0.1) is 30.4 Å². The number of thiophene rings is 1. The zero-order valence-corrected chi connectivity index (χ0v) is 24.8. The average molecular weight is 600 g/mol. The largest absolute Gasteiger partial charge is 0.462 e. The summed E-state index contributed by atoms with van der Waals surface area (Å²) in [6.07, 6.45) is 0.737. The monoisotopic (exact) mass is 599 g/mol. The summed E-state index contributed by atoms with van der Waals surface area (Å²) in [5.41, 5.74) is 2.69. The predicted octanol–water partition coefficient (Wildman–Crippen LogP) is 5.78. The fourth-order valence-electron chi connectivity index (χ4n) is 4.29. The molecule has 0 spiro atoms. The second kappa shape index (κ2) is 13.3. The molecule has 2 heterocycles. The minimum Gasteiger partial charge on any atom is -0.462 e. The molecule has 0 fully saturated rings. The maximum atomic E-state index is 13.2. The molecule has 1 unspecified atom stereocenters. The lowest BCUT2D eigenvalue weighted by Crippen LogP contribution is -2.34. The number of nitrogens with zero attached hydrogens (tertiary/aromatic N) is 1. The van der Waals surface area contributed by atoms with Gasteiger partial charge in [0.25, 0.3) is 0 Å². The zero-order chi connectivity index (χ0) is 28.8. The summed E-state index contributed by atoms with van der Waals surface area (Å²) in [6, 6.07) is 14.4. The molecule has 3 aromatic rings. The van der Waals surface area contributed by atoms with Crippen LogP contribution < -0.4 is 10.6 Å². The number of anilines is 2. The molecule has 40 heavy (non-hydrogen) atoms. The van der Waals surface area contributed by atoms with Crippen molar-refractivity contribution in [1.82, 2.24) is 4.90 Å². The molecule has 0 saturated carbocycles. The first-order chi connectivity index (χ1) is 19.1. The van der Waals surface area contributed by atoms with Gasteiger partial charge in [-0.25, -0.2) is 4.79 Å². The highest BCUT2D eigenvalue weighted by Gasteiger charge is 2.31. The highest BCUT2D eigenvalue weighted by atomic mass is 35.5. The summed E-state index contributed by atoms with van der Waals surface area (Å²) in [5.74, 6) is -0.939. The minimum atomic E-state index is -0.497. The van der Waals surface area contributed by atoms with E-state index >= 15 is 0 Å². The van der Waals surface area contributed by atoms with E-state index in [0.717, 1.165) is 20.9 Å². The van der Waals surface area contributed by atoms with Crippen molar-refractivity contribution in [3.8, 4) is 0 Å². The highest BCUT2D eigenvalue weighted by Crippen LogP contribution is 2.38. The van der Waals surface area contributed by atoms with Crippen LogP contribution in [0.3, 0.4) is 0 Å². The average Bonchev–Trinajstić information content (AvgIpc) is 3.27. The Hall–Kier alpha value is -3.34. The van der Waals surface area contributed by atoms with Crippen LogP contribution in [0.5, 0.6) is 0 Å². The maximum absolute atomic E-state index is 13.2. The number of esters is 1. The van der Waals surface area contributed by atoms with E-state index in [-0.39, 0.29) is 30.7 Å². The molecule has 1 aromatic heterocycles. The van der Waals surface area contributed by atoms with Crippen molar-refractivity contribution in [3.05, 3.63) is 75.1 Å². The van der Waals surface area contributed by atoms with Gasteiger partial charge in [-0.3, -0.25) is 14.4 Å². The molecule has 3 amide bonds. The van der Waals surface area contributed by atoms with Gasteiger partial charge < -0.3 is 20.3 Å². The molecule has 1 atom stereocenters. The van der Waals surface area contributed by atoms with Crippen molar-refractivity contribution < 1.29 is 23.9 Å². The Morgan fingerprint density at radius 2 is 1.88 bits per heavy atom. The molecule has 2 N–H and O–H groups in total. The van der Waals surface area contributed by atoms with Gasteiger partial charge in [0.1, 0.15) is 5.00 Å². The van der Waals surface area contributed by atoms with Crippen molar-refractivity contribution in [1.29, 1.82) is 0 Å². The van der Waals surface area contributed by atoms with Gasteiger partial charge in [-0.1, -0.05) is 29.8 Å². The molecule has 2 aromatic carbocycles. The molecule has 1 aliphatic rings. The molecule has 11 heteroatoms. The Balaban J connectivity index is 1.42. The van der Waals surface area contributed by atoms with Crippen LogP contribution in [0.1, 0.15) is 47.1 Å². The summed E-state index contributed by atoms with van der Waals surface area (Å²) in [7, 11) is 0. The van der Waals surface area contributed by atoms with E-state index in [9.17, 15) is 19.2 Å². The minimum absolute atomic E-state index is 0.0317. The van der Waals surface area contributed by atoms with Crippen molar-refractivity contribution >= 4 is 69.1 Å². The number of carbonyl (C=O) groups is 4. The quantitative estimate of drug-likeness (QED) is 0.238. The number of rotatable bonds is 9. The molecule has 0 radical (unpaired) electrons. The van der Waals surface area contributed by atoms with Gasteiger partial charge in [0.15, 0.2) is 0 Å². The summed E-state index contributed by atoms with van der Waals surface area (Å²) in [4.78, 5) is 53.8. The van der Waals surface area contributed by atoms with E-state index in [1.54, 1.807) is 36.9 Å². The van der Waals surface area contributed by atoms with Crippen molar-refractivity contribution in [2.75, 3.05) is 23.8 Å². The number of ether oxygens (including phenoxy) is 1. The number of thioether (sulfide) groups is 1. The van der Waals surface area contributed by atoms with E-state index in [1.807, 2.05) is 30.3 Å². The number of fused-ring (bicyclic) bond motifs is 1. The van der Waals surface area contributed by atoms with E-state index in [0.29, 0.717) is 40.8 Å². The Bertz CT molecular complexity index is 1420. The summed E-state index contributed by atoms with van der Waals surface area (Å²) in [6.45, 7) is 6.16. The topological polar surface area (TPSA) is 105 Å². The first-order valence-electron chi connectivity index (χ1n) is 12.8. The van der Waals surface area contributed by atoms with E-state index in [4.69, 9.17) is 16.3 Å². The van der Waals surface area contributed by atoms with Gasteiger partial charge in [-0.05, 0) is 61.7 Å². The fraction of sp³-hybridized carbons (Fsp3) is 0.310. The van der Waals surface area contributed by atoms with Crippen LogP contribution in [-0.4, -0.2) is 47.0 Å². The third-order valence-electron chi connectivity index (χ3n) is 6.30. The predicted molar refractivity (Wildman–Crippen MR) is 159 cm³/mol. The standard InChI is InChI=1S/C29H30ClN3O5S2/c1-4-38-29(37)26-23-12-13-33(18(3)34)16-24(23)40-28(26)32-27(36)17(2)39-22-7-5-6-21(15-22)31-25(35)14-19-8-10-20(30)11-9-19/h5-11,15,17H,4,12-14,16H2,1-3H3,(H,31,35)(H,32,36). The van der Waals surface area contributed by atoms with Crippen LogP contribution in [0, 0.1) is 0 Å². The maximum Gasteiger partial charge on any atom is 0.341 e. The van der Waals surface area contributed by atoms with Gasteiger partial charge >= 0.3 is 5.97 Å². The number of nitrogens with one attached hydrogen (secondary N) is 2. The van der Waals surface area contributed by atoms with Crippen LogP contribution in [0.25, 0.3) is 0 Å². The van der Waals surface area contributed by atoms with Gasteiger partial charge in [0.2, 0.25) is 17.7 Å². The van der Waals surface area contributed by atoms with E-state index < -0.39 is 11.2 Å². The third-order valence-corrected chi connectivity index (χ3v) is 8.77. The van der Waals surface area contributed by atoms with Crippen LogP contribution in [0.15, 0.2) is 53.4 Å². The normalized spacial score (nSPS) is 13.2. The molecular formula is C29H30ClN3O5S2. The molecule has 210 valence electrons. The Kier molecular flexibility index (Phi) is 9.89. The molecule has 0 saturated heterocycles. The third kappa shape index (κ3) is 7.44. The second-order valence-electron chi connectivity index (χ2n) is 9.25. The molecule has 0 bridgehead atoms. The molecule has 1 aliphatic heterocycles. The number of halogens is 1. The fourth-order valence-corrected chi connectivity index (χ4v) is 6.60. The van der Waals surface area contributed by atoms with Crippen LogP contribution in [-0.2, 0) is 38.5 Å². The molecule has 8 nitrogen and oxygen atoms in total. The van der Waals surface area contributed by atoms with Crippen LogP contribution in [0.2, 0.25) is 5.02 Å². The SMILES string of the molecule is CCOC(=O)c1c(NC(=O)C(C)Sc2cccc(NC(=O)Cc3ccc(Cl)cc3)c2)sc2c1CCN(C(C)=O)C2. The van der Waals surface area contributed by atoms with Gasteiger partial charge in [-0.2, -0.15) is 0 Å². The number of hydrogen-bond donors (Lipinski definition) is 2. The first-order valence-corrected chi connectivity index (χ1v) is 14.9. The molecular weight excluding hydrogens is 570 g/mol. The lowest BCUT2D eigenvalue weighted by molar-refractivity contribution is -0.129.